The van der Waals surface area contributed by atoms with E-state index in [2.05, 4.69) is 4.98 Å². The van der Waals surface area contributed by atoms with Gasteiger partial charge in [-0.15, -0.1) is 11.6 Å². The van der Waals surface area contributed by atoms with Crippen molar-refractivity contribution in [1.29, 1.82) is 0 Å². The second kappa shape index (κ2) is 2.87. The number of alkyl halides is 1. The second-order valence-electron chi connectivity index (χ2n) is 1.97. The zero-order chi connectivity index (χ0) is 6.69. The van der Waals surface area contributed by atoms with Crippen molar-refractivity contribution in [2.45, 2.75) is 6.42 Å². The third-order valence-corrected chi connectivity index (χ3v) is 1.30. The highest BCUT2D eigenvalue weighted by molar-refractivity contribution is 6.17. The standard InChI is InChI=1S/C6H9ClN2/c1-9-4-6(2-3-7)8-5-9/h4-5H,2-3H2,1H3. The van der Waals surface area contributed by atoms with E-state index in [-0.39, 0.29) is 0 Å². The molecule has 2 nitrogen and oxygen atoms in total. The summed E-state index contributed by atoms with van der Waals surface area (Å²) in [5.41, 5.74) is 1.06. The Labute approximate surface area is 59.5 Å². The van der Waals surface area contributed by atoms with Crippen LogP contribution in [0.4, 0.5) is 0 Å². The van der Waals surface area contributed by atoms with Crippen LogP contribution in [0.25, 0.3) is 0 Å². The van der Waals surface area contributed by atoms with Crippen molar-refractivity contribution in [1.82, 2.24) is 9.55 Å². The average molecular weight is 145 g/mol. The van der Waals surface area contributed by atoms with Gasteiger partial charge in [0.2, 0.25) is 0 Å². The molecule has 0 N–H and O–H groups in total. The number of nitrogens with zero attached hydrogens (tertiary/aromatic N) is 2. The Morgan fingerprint density at radius 3 is 3.00 bits per heavy atom. The average Bonchev–Trinajstić information content (AvgIpc) is 2.17. The maximum atomic E-state index is 5.50. The molecule has 0 fully saturated rings. The van der Waals surface area contributed by atoms with Gasteiger partial charge in [-0.2, -0.15) is 0 Å². The minimum atomic E-state index is 0.650. The molecule has 0 aromatic carbocycles. The summed E-state index contributed by atoms with van der Waals surface area (Å²) in [6.07, 6.45) is 4.62. The van der Waals surface area contributed by atoms with E-state index in [9.17, 15) is 0 Å². The summed E-state index contributed by atoms with van der Waals surface area (Å²) >= 11 is 5.50. The Kier molecular flexibility index (Phi) is 2.11. The fourth-order valence-corrected chi connectivity index (χ4v) is 0.886. The molecular weight excluding hydrogens is 136 g/mol. The molecule has 0 saturated carbocycles. The molecule has 1 heterocycles. The largest absolute Gasteiger partial charge is 0.340 e. The molecule has 9 heavy (non-hydrogen) atoms. The van der Waals surface area contributed by atoms with E-state index in [1.165, 1.54) is 0 Å². The normalized spacial score (nSPS) is 10.0. The number of hydrogen-bond donors (Lipinski definition) is 0. The van der Waals surface area contributed by atoms with Gasteiger partial charge in [-0.25, -0.2) is 4.98 Å². The molecule has 0 aliphatic rings. The summed E-state index contributed by atoms with van der Waals surface area (Å²) in [4.78, 5) is 4.08. The molecule has 0 spiro atoms. The van der Waals surface area contributed by atoms with Gasteiger partial charge in [-0.3, -0.25) is 0 Å². The maximum absolute atomic E-state index is 5.50. The first-order valence-corrected chi connectivity index (χ1v) is 3.39. The van der Waals surface area contributed by atoms with Gasteiger partial charge in [-0.1, -0.05) is 0 Å². The Bertz CT molecular complexity index is 183. The minimum absolute atomic E-state index is 0.650. The fraction of sp³-hybridized carbons (Fsp3) is 0.500. The zero-order valence-electron chi connectivity index (χ0n) is 5.34. The molecule has 3 heteroatoms. The van der Waals surface area contributed by atoms with Crippen molar-refractivity contribution in [3.05, 3.63) is 18.2 Å². The van der Waals surface area contributed by atoms with Gasteiger partial charge >= 0.3 is 0 Å². The molecule has 1 rings (SSSR count). The monoisotopic (exact) mass is 144 g/mol. The van der Waals surface area contributed by atoms with Gasteiger partial charge in [0.15, 0.2) is 0 Å². The van der Waals surface area contributed by atoms with E-state index in [1.54, 1.807) is 6.33 Å². The highest BCUT2D eigenvalue weighted by Gasteiger charge is 1.92. The van der Waals surface area contributed by atoms with Crippen LogP contribution in [-0.2, 0) is 13.5 Å². The highest BCUT2D eigenvalue weighted by Crippen LogP contribution is 1.95. The third kappa shape index (κ3) is 1.72. The molecule has 0 bridgehead atoms. The molecule has 1 aromatic heterocycles. The predicted molar refractivity (Wildman–Crippen MR) is 37.6 cm³/mol. The van der Waals surface area contributed by atoms with Crippen LogP contribution in [0.2, 0.25) is 0 Å². The summed E-state index contributed by atoms with van der Waals surface area (Å²) in [5, 5.41) is 0. The molecule has 0 aliphatic carbocycles. The Balaban J connectivity index is 2.61. The quantitative estimate of drug-likeness (QED) is 0.571. The van der Waals surface area contributed by atoms with E-state index in [0.717, 1.165) is 12.1 Å². The summed E-state index contributed by atoms with van der Waals surface area (Å²) in [7, 11) is 1.95. The van der Waals surface area contributed by atoms with Gasteiger partial charge in [0.1, 0.15) is 0 Å². The third-order valence-electron chi connectivity index (χ3n) is 1.11. The Morgan fingerprint density at radius 2 is 2.56 bits per heavy atom. The van der Waals surface area contributed by atoms with Gasteiger partial charge in [0.25, 0.3) is 0 Å². The zero-order valence-corrected chi connectivity index (χ0v) is 6.10. The van der Waals surface area contributed by atoms with Gasteiger partial charge in [0.05, 0.1) is 12.0 Å². The van der Waals surface area contributed by atoms with Crippen LogP contribution in [0.1, 0.15) is 5.69 Å². The van der Waals surface area contributed by atoms with E-state index >= 15 is 0 Å². The maximum Gasteiger partial charge on any atom is 0.0946 e. The first-order chi connectivity index (χ1) is 4.33. The van der Waals surface area contributed by atoms with Crippen molar-refractivity contribution < 1.29 is 0 Å². The Hall–Kier alpha value is -0.500. The van der Waals surface area contributed by atoms with Crippen molar-refractivity contribution >= 4 is 11.6 Å². The van der Waals surface area contributed by atoms with Crippen LogP contribution < -0.4 is 0 Å². The summed E-state index contributed by atoms with van der Waals surface area (Å²) in [6.45, 7) is 0. The van der Waals surface area contributed by atoms with Crippen molar-refractivity contribution in [2.75, 3.05) is 5.88 Å². The second-order valence-corrected chi connectivity index (χ2v) is 2.35. The van der Waals surface area contributed by atoms with Gasteiger partial charge in [0, 0.05) is 25.5 Å². The van der Waals surface area contributed by atoms with Crippen LogP contribution in [0.15, 0.2) is 12.5 Å². The van der Waals surface area contributed by atoms with Crippen LogP contribution >= 0.6 is 11.6 Å². The SMILES string of the molecule is Cn1cnc(CCCl)c1. The molecule has 50 valence electrons. The topological polar surface area (TPSA) is 17.8 Å². The van der Waals surface area contributed by atoms with E-state index in [1.807, 2.05) is 17.8 Å². The first kappa shape index (κ1) is 6.62. The molecule has 0 unspecified atom stereocenters. The molecule has 0 radical (unpaired) electrons. The van der Waals surface area contributed by atoms with Crippen LogP contribution in [0.3, 0.4) is 0 Å². The van der Waals surface area contributed by atoms with Gasteiger partial charge < -0.3 is 4.57 Å². The number of imidazole rings is 1. The number of halogens is 1. The first-order valence-electron chi connectivity index (χ1n) is 2.85. The molecule has 1 aromatic rings. The van der Waals surface area contributed by atoms with Gasteiger partial charge in [-0.05, 0) is 0 Å². The highest BCUT2D eigenvalue weighted by atomic mass is 35.5. The van der Waals surface area contributed by atoms with E-state index in [4.69, 9.17) is 11.6 Å². The number of aryl methyl sites for hydroxylation is 2. The molecule has 0 atom stereocenters. The summed E-state index contributed by atoms with van der Waals surface area (Å²) < 4.78 is 1.92. The minimum Gasteiger partial charge on any atom is -0.340 e. The van der Waals surface area contributed by atoms with Crippen molar-refractivity contribution in [3.8, 4) is 0 Å². The van der Waals surface area contributed by atoms with Crippen LogP contribution in [0, 0.1) is 0 Å². The lowest BCUT2D eigenvalue weighted by molar-refractivity contribution is 0.912. The lowest BCUT2D eigenvalue weighted by atomic mass is 10.4. The Morgan fingerprint density at radius 1 is 1.78 bits per heavy atom. The molecule has 0 aliphatic heterocycles. The van der Waals surface area contributed by atoms with E-state index < -0.39 is 0 Å². The summed E-state index contributed by atoms with van der Waals surface area (Å²) in [5.74, 6) is 0.650. The van der Waals surface area contributed by atoms with Crippen molar-refractivity contribution in [2.24, 2.45) is 7.05 Å². The fourth-order valence-electron chi connectivity index (χ4n) is 0.693. The van der Waals surface area contributed by atoms with Crippen LogP contribution in [-0.4, -0.2) is 15.4 Å². The number of hydrogen-bond acceptors (Lipinski definition) is 1. The number of rotatable bonds is 2. The predicted octanol–water partition coefficient (Wildman–Crippen LogP) is 1.20. The molecule has 0 amide bonds. The van der Waals surface area contributed by atoms with Crippen molar-refractivity contribution in [3.63, 3.8) is 0 Å². The smallest absolute Gasteiger partial charge is 0.0946 e. The summed E-state index contributed by atoms with van der Waals surface area (Å²) in [6, 6.07) is 0. The molecular formula is C6H9ClN2. The lowest BCUT2D eigenvalue weighted by Gasteiger charge is -1.85. The molecule has 0 saturated heterocycles. The number of aromatic nitrogens is 2. The van der Waals surface area contributed by atoms with E-state index in [0.29, 0.717) is 5.88 Å². The van der Waals surface area contributed by atoms with Crippen LogP contribution in [0.5, 0.6) is 0 Å². The lowest BCUT2D eigenvalue weighted by Crippen LogP contribution is -1.84.